The molecule has 1 aromatic heterocycles. The van der Waals surface area contributed by atoms with Crippen LogP contribution in [0.15, 0.2) is 22.7 Å². The van der Waals surface area contributed by atoms with Gasteiger partial charge in [0.2, 0.25) is 0 Å². The minimum absolute atomic E-state index is 0.636. The molecule has 78 valence electrons. The standard InChI is InChI=1S/C11H11BrN2S/c1-6-5-8(12)3-4-9(6)11-14-10(13)7(2)15-11/h3-5H,13H2,1-2H3. The van der Waals surface area contributed by atoms with E-state index in [4.69, 9.17) is 5.73 Å². The van der Waals surface area contributed by atoms with Crippen LogP contribution in [0.3, 0.4) is 0 Å². The zero-order valence-corrected chi connectivity index (χ0v) is 10.9. The lowest BCUT2D eigenvalue weighted by molar-refractivity contribution is 1.36. The number of nitrogen functional groups attached to an aromatic ring is 1. The number of hydrogen-bond donors (Lipinski definition) is 1. The highest BCUT2D eigenvalue weighted by molar-refractivity contribution is 9.10. The van der Waals surface area contributed by atoms with Crippen LogP contribution in [0.5, 0.6) is 0 Å². The maximum atomic E-state index is 5.75. The average molecular weight is 283 g/mol. The van der Waals surface area contributed by atoms with Crippen molar-refractivity contribution in [2.24, 2.45) is 0 Å². The molecule has 1 aromatic carbocycles. The van der Waals surface area contributed by atoms with E-state index in [0.717, 1.165) is 19.9 Å². The molecule has 0 radical (unpaired) electrons. The summed E-state index contributed by atoms with van der Waals surface area (Å²) in [6.45, 7) is 4.07. The Morgan fingerprint density at radius 2 is 2.07 bits per heavy atom. The second kappa shape index (κ2) is 3.94. The lowest BCUT2D eigenvalue weighted by atomic mass is 10.1. The van der Waals surface area contributed by atoms with Crippen molar-refractivity contribution >= 4 is 33.1 Å². The first-order valence-corrected chi connectivity index (χ1v) is 6.18. The molecule has 0 spiro atoms. The summed E-state index contributed by atoms with van der Waals surface area (Å²) in [7, 11) is 0. The lowest BCUT2D eigenvalue weighted by Crippen LogP contribution is -1.87. The average Bonchev–Trinajstić information content (AvgIpc) is 2.46. The quantitative estimate of drug-likeness (QED) is 0.865. The van der Waals surface area contributed by atoms with Gasteiger partial charge in [-0.05, 0) is 31.5 Å². The van der Waals surface area contributed by atoms with Crippen molar-refractivity contribution < 1.29 is 0 Å². The van der Waals surface area contributed by atoms with Gasteiger partial charge in [0.05, 0.1) is 0 Å². The molecular formula is C11H11BrN2S. The van der Waals surface area contributed by atoms with Gasteiger partial charge < -0.3 is 5.73 Å². The zero-order valence-electron chi connectivity index (χ0n) is 8.54. The first-order valence-electron chi connectivity index (χ1n) is 4.57. The van der Waals surface area contributed by atoms with E-state index in [1.807, 2.05) is 13.0 Å². The van der Waals surface area contributed by atoms with E-state index in [2.05, 4.69) is 40.0 Å². The Kier molecular flexibility index (Phi) is 2.80. The van der Waals surface area contributed by atoms with Gasteiger partial charge in [0.1, 0.15) is 10.8 Å². The minimum Gasteiger partial charge on any atom is -0.383 e. The number of aromatic nitrogens is 1. The number of hydrogen-bond acceptors (Lipinski definition) is 3. The van der Waals surface area contributed by atoms with E-state index in [-0.39, 0.29) is 0 Å². The molecule has 2 nitrogen and oxygen atoms in total. The molecule has 0 amide bonds. The molecule has 0 atom stereocenters. The predicted octanol–water partition coefficient (Wildman–Crippen LogP) is 3.77. The summed E-state index contributed by atoms with van der Waals surface area (Å²) in [5.74, 6) is 0.636. The van der Waals surface area contributed by atoms with E-state index >= 15 is 0 Å². The summed E-state index contributed by atoms with van der Waals surface area (Å²) in [4.78, 5) is 5.43. The van der Waals surface area contributed by atoms with Crippen LogP contribution in [0, 0.1) is 13.8 Å². The number of aryl methyl sites for hydroxylation is 2. The van der Waals surface area contributed by atoms with Crippen LogP contribution in [0.25, 0.3) is 10.6 Å². The van der Waals surface area contributed by atoms with Crippen molar-refractivity contribution in [1.29, 1.82) is 0 Å². The summed E-state index contributed by atoms with van der Waals surface area (Å²) in [5.41, 5.74) is 8.11. The van der Waals surface area contributed by atoms with Crippen LogP contribution < -0.4 is 5.73 Å². The second-order valence-electron chi connectivity index (χ2n) is 3.42. The van der Waals surface area contributed by atoms with Gasteiger partial charge in [-0.1, -0.05) is 22.0 Å². The van der Waals surface area contributed by atoms with Gasteiger partial charge in [0.15, 0.2) is 0 Å². The van der Waals surface area contributed by atoms with Gasteiger partial charge in [-0.3, -0.25) is 0 Å². The van der Waals surface area contributed by atoms with Gasteiger partial charge in [-0.25, -0.2) is 4.98 Å². The largest absolute Gasteiger partial charge is 0.383 e. The van der Waals surface area contributed by atoms with E-state index in [1.165, 1.54) is 5.56 Å². The molecule has 0 aliphatic heterocycles. The van der Waals surface area contributed by atoms with Crippen molar-refractivity contribution in [3.63, 3.8) is 0 Å². The first kappa shape index (κ1) is 10.6. The minimum atomic E-state index is 0.636. The molecule has 15 heavy (non-hydrogen) atoms. The maximum absolute atomic E-state index is 5.75. The molecule has 0 bridgehead atoms. The molecule has 0 saturated heterocycles. The Morgan fingerprint density at radius 1 is 1.33 bits per heavy atom. The highest BCUT2D eigenvalue weighted by Gasteiger charge is 2.09. The third-order valence-electron chi connectivity index (χ3n) is 2.25. The summed E-state index contributed by atoms with van der Waals surface area (Å²) in [6.07, 6.45) is 0. The van der Waals surface area contributed by atoms with Crippen molar-refractivity contribution in [3.05, 3.63) is 33.1 Å². The van der Waals surface area contributed by atoms with Crippen molar-refractivity contribution in [2.45, 2.75) is 13.8 Å². The van der Waals surface area contributed by atoms with Crippen LogP contribution in [-0.2, 0) is 0 Å². The molecule has 0 saturated carbocycles. The van der Waals surface area contributed by atoms with E-state index in [1.54, 1.807) is 11.3 Å². The monoisotopic (exact) mass is 282 g/mol. The second-order valence-corrected chi connectivity index (χ2v) is 5.54. The Balaban J connectivity index is 2.54. The molecule has 4 heteroatoms. The van der Waals surface area contributed by atoms with E-state index < -0.39 is 0 Å². The molecule has 1 heterocycles. The van der Waals surface area contributed by atoms with Crippen molar-refractivity contribution in [1.82, 2.24) is 4.98 Å². The van der Waals surface area contributed by atoms with E-state index in [0.29, 0.717) is 5.82 Å². The molecular weight excluding hydrogens is 272 g/mol. The number of nitrogens with two attached hydrogens (primary N) is 1. The molecule has 2 aromatic rings. The number of nitrogens with zero attached hydrogens (tertiary/aromatic N) is 1. The molecule has 0 unspecified atom stereocenters. The summed E-state index contributed by atoms with van der Waals surface area (Å²) in [6, 6.07) is 6.18. The van der Waals surface area contributed by atoms with Crippen molar-refractivity contribution in [3.8, 4) is 10.6 Å². The number of anilines is 1. The van der Waals surface area contributed by atoms with Crippen LogP contribution in [-0.4, -0.2) is 4.98 Å². The summed E-state index contributed by atoms with van der Waals surface area (Å²) in [5, 5.41) is 0.995. The Labute approximate surface area is 101 Å². The lowest BCUT2D eigenvalue weighted by Gasteiger charge is -2.01. The normalized spacial score (nSPS) is 10.6. The molecule has 0 aliphatic rings. The number of rotatable bonds is 1. The Morgan fingerprint density at radius 3 is 2.60 bits per heavy atom. The number of thiazole rings is 1. The van der Waals surface area contributed by atoms with Crippen molar-refractivity contribution in [2.75, 3.05) is 5.73 Å². The van der Waals surface area contributed by atoms with Crippen LogP contribution in [0.4, 0.5) is 5.82 Å². The first-order chi connectivity index (χ1) is 7.08. The molecule has 2 N–H and O–H groups in total. The number of halogens is 1. The fourth-order valence-electron chi connectivity index (χ4n) is 1.39. The zero-order chi connectivity index (χ0) is 11.0. The highest BCUT2D eigenvalue weighted by Crippen LogP contribution is 2.32. The van der Waals surface area contributed by atoms with Crippen LogP contribution >= 0.6 is 27.3 Å². The van der Waals surface area contributed by atoms with Gasteiger partial charge in [-0.15, -0.1) is 11.3 Å². The van der Waals surface area contributed by atoms with Gasteiger partial charge >= 0.3 is 0 Å². The SMILES string of the molecule is Cc1cc(Br)ccc1-c1nc(N)c(C)s1. The fourth-order valence-corrected chi connectivity index (χ4v) is 2.79. The van der Waals surface area contributed by atoms with E-state index in [9.17, 15) is 0 Å². The third kappa shape index (κ3) is 2.06. The fraction of sp³-hybridized carbons (Fsp3) is 0.182. The van der Waals surface area contributed by atoms with Crippen LogP contribution in [0.1, 0.15) is 10.4 Å². The smallest absolute Gasteiger partial charge is 0.138 e. The topological polar surface area (TPSA) is 38.9 Å². The molecule has 0 fully saturated rings. The number of benzene rings is 1. The van der Waals surface area contributed by atoms with Gasteiger partial charge in [-0.2, -0.15) is 0 Å². The maximum Gasteiger partial charge on any atom is 0.138 e. The van der Waals surface area contributed by atoms with Gasteiger partial charge in [0.25, 0.3) is 0 Å². The summed E-state index contributed by atoms with van der Waals surface area (Å²) < 4.78 is 1.09. The highest BCUT2D eigenvalue weighted by atomic mass is 79.9. The van der Waals surface area contributed by atoms with Gasteiger partial charge in [0, 0.05) is 14.9 Å². The van der Waals surface area contributed by atoms with Crippen LogP contribution in [0.2, 0.25) is 0 Å². The Hall–Kier alpha value is -0.870. The molecule has 0 aliphatic carbocycles. The third-order valence-corrected chi connectivity index (χ3v) is 3.76. The molecule has 2 rings (SSSR count). The predicted molar refractivity (Wildman–Crippen MR) is 69.1 cm³/mol. The Bertz CT molecular complexity index is 486. The summed E-state index contributed by atoms with van der Waals surface area (Å²) >= 11 is 5.08.